The van der Waals surface area contributed by atoms with Crippen LogP contribution in [0.15, 0.2) is 58.3 Å². The molecule has 1 heterocycles. The van der Waals surface area contributed by atoms with E-state index < -0.39 is 15.4 Å². The van der Waals surface area contributed by atoms with E-state index in [1.807, 2.05) is 39.8 Å². The number of piperazine rings is 1. The lowest BCUT2D eigenvalue weighted by Gasteiger charge is -2.37. The van der Waals surface area contributed by atoms with Gasteiger partial charge < -0.3 is 14.5 Å². The number of benzene rings is 2. The molecule has 0 aliphatic carbocycles. The first-order valence-electron chi connectivity index (χ1n) is 9.71. The molecule has 1 amide bonds. The summed E-state index contributed by atoms with van der Waals surface area (Å²) in [6.45, 7) is 9.86. The molecule has 0 N–H and O–H groups in total. The topological polar surface area (TPSA) is 66.9 Å². The summed E-state index contributed by atoms with van der Waals surface area (Å²) in [5.41, 5.74) is 1.16. The van der Waals surface area contributed by atoms with Gasteiger partial charge in [-0.2, -0.15) is 0 Å². The van der Waals surface area contributed by atoms with Gasteiger partial charge in [0, 0.05) is 31.9 Å². The Morgan fingerprint density at radius 1 is 0.966 bits per heavy atom. The maximum Gasteiger partial charge on any atom is 0.410 e. The highest BCUT2D eigenvalue weighted by Gasteiger charge is 2.26. The zero-order valence-corrected chi connectivity index (χ0v) is 18.2. The average Bonchev–Trinajstić information content (AvgIpc) is 2.67. The predicted octanol–water partition coefficient (Wildman–Crippen LogP) is 3.88. The molecule has 0 radical (unpaired) electrons. The highest BCUT2D eigenvalue weighted by molar-refractivity contribution is 7.91. The minimum absolute atomic E-state index is 0.293. The monoisotopic (exact) mass is 416 g/mol. The van der Waals surface area contributed by atoms with Crippen molar-refractivity contribution in [2.24, 2.45) is 0 Å². The number of carbonyl (C=O) groups excluding carboxylic acids is 1. The van der Waals surface area contributed by atoms with Crippen LogP contribution in [0.3, 0.4) is 0 Å². The van der Waals surface area contributed by atoms with E-state index in [4.69, 9.17) is 4.74 Å². The third-order valence-corrected chi connectivity index (χ3v) is 6.73. The van der Waals surface area contributed by atoms with Crippen molar-refractivity contribution < 1.29 is 17.9 Å². The normalized spacial score (nSPS) is 15.3. The molecule has 7 heteroatoms. The fraction of sp³-hybridized carbons (Fsp3) is 0.409. The van der Waals surface area contributed by atoms with Crippen LogP contribution in [0.5, 0.6) is 0 Å². The van der Waals surface area contributed by atoms with Crippen molar-refractivity contribution in [1.82, 2.24) is 4.90 Å². The van der Waals surface area contributed by atoms with Crippen molar-refractivity contribution in [3.8, 4) is 0 Å². The zero-order chi connectivity index (χ0) is 21.2. The zero-order valence-electron chi connectivity index (χ0n) is 17.4. The summed E-state index contributed by atoms with van der Waals surface area (Å²) in [6.07, 6.45) is -0.294. The van der Waals surface area contributed by atoms with Gasteiger partial charge in [0.1, 0.15) is 5.60 Å². The maximum atomic E-state index is 12.9. The van der Waals surface area contributed by atoms with Crippen molar-refractivity contribution in [2.45, 2.75) is 43.1 Å². The fourth-order valence-corrected chi connectivity index (χ4v) is 4.83. The second-order valence-electron chi connectivity index (χ2n) is 8.22. The van der Waals surface area contributed by atoms with Crippen LogP contribution in [0.25, 0.3) is 0 Å². The molecule has 0 saturated carbocycles. The van der Waals surface area contributed by atoms with E-state index in [9.17, 15) is 13.2 Å². The lowest BCUT2D eigenvalue weighted by atomic mass is 10.2. The number of rotatable bonds is 3. The van der Waals surface area contributed by atoms with Crippen LogP contribution in [0.4, 0.5) is 10.5 Å². The predicted molar refractivity (Wildman–Crippen MR) is 113 cm³/mol. The van der Waals surface area contributed by atoms with Crippen molar-refractivity contribution in [2.75, 3.05) is 31.1 Å². The quantitative estimate of drug-likeness (QED) is 0.760. The van der Waals surface area contributed by atoms with E-state index in [0.717, 1.165) is 5.69 Å². The molecular weight excluding hydrogens is 388 g/mol. The third kappa shape index (κ3) is 4.90. The fourth-order valence-electron chi connectivity index (χ4n) is 3.33. The van der Waals surface area contributed by atoms with Gasteiger partial charge in [0.25, 0.3) is 0 Å². The van der Waals surface area contributed by atoms with Gasteiger partial charge in [0.15, 0.2) is 0 Å². The van der Waals surface area contributed by atoms with Crippen LogP contribution >= 0.6 is 0 Å². The molecule has 2 aromatic rings. The number of sulfone groups is 1. The molecule has 1 aliphatic rings. The number of aryl methyl sites for hydroxylation is 1. The number of hydrogen-bond donors (Lipinski definition) is 0. The number of hydrogen-bond acceptors (Lipinski definition) is 5. The Hall–Kier alpha value is -2.54. The van der Waals surface area contributed by atoms with Crippen LogP contribution < -0.4 is 4.90 Å². The van der Waals surface area contributed by atoms with Gasteiger partial charge in [-0.1, -0.05) is 18.2 Å². The summed E-state index contributed by atoms with van der Waals surface area (Å²) in [6, 6.07) is 13.9. The summed E-state index contributed by atoms with van der Waals surface area (Å²) >= 11 is 0. The lowest BCUT2D eigenvalue weighted by Crippen LogP contribution is -2.50. The highest BCUT2D eigenvalue weighted by atomic mass is 32.2. The molecule has 156 valence electrons. The van der Waals surface area contributed by atoms with Gasteiger partial charge >= 0.3 is 6.09 Å². The van der Waals surface area contributed by atoms with Gasteiger partial charge in [-0.25, -0.2) is 13.2 Å². The largest absolute Gasteiger partial charge is 0.444 e. The Balaban J connectivity index is 1.71. The van der Waals surface area contributed by atoms with E-state index in [1.54, 1.807) is 41.3 Å². The smallest absolute Gasteiger partial charge is 0.410 e. The first kappa shape index (κ1) is 21.2. The first-order chi connectivity index (χ1) is 13.6. The van der Waals surface area contributed by atoms with Crippen LogP contribution in [-0.2, 0) is 14.6 Å². The molecule has 3 rings (SSSR count). The van der Waals surface area contributed by atoms with Crippen molar-refractivity contribution in [3.05, 3.63) is 54.1 Å². The molecule has 2 aromatic carbocycles. The second-order valence-corrected chi connectivity index (χ2v) is 10.1. The number of anilines is 1. The Kier molecular flexibility index (Phi) is 5.89. The molecule has 1 aliphatic heterocycles. The van der Waals surface area contributed by atoms with Crippen LogP contribution in [0.1, 0.15) is 26.3 Å². The van der Waals surface area contributed by atoms with Gasteiger partial charge in [-0.3, -0.25) is 0 Å². The van der Waals surface area contributed by atoms with Crippen molar-refractivity contribution >= 4 is 21.6 Å². The van der Waals surface area contributed by atoms with Gasteiger partial charge in [-0.05, 0) is 63.6 Å². The summed E-state index contributed by atoms with van der Waals surface area (Å²) in [5, 5.41) is 0. The van der Waals surface area contributed by atoms with Gasteiger partial charge in [0.05, 0.1) is 9.79 Å². The molecule has 0 bridgehead atoms. The summed E-state index contributed by atoms with van der Waals surface area (Å²) in [5.74, 6) is 0. The Morgan fingerprint density at radius 2 is 1.59 bits per heavy atom. The molecular formula is C22H28N2O4S. The molecule has 0 atom stereocenters. The number of nitrogens with zero attached hydrogens (tertiary/aromatic N) is 2. The van der Waals surface area contributed by atoms with Crippen LogP contribution in [-0.4, -0.2) is 51.2 Å². The molecule has 0 unspecified atom stereocenters. The highest BCUT2D eigenvalue weighted by Crippen LogP contribution is 2.28. The van der Waals surface area contributed by atoms with E-state index in [-0.39, 0.29) is 6.09 Å². The molecule has 1 fully saturated rings. The van der Waals surface area contributed by atoms with Gasteiger partial charge in [0.2, 0.25) is 9.84 Å². The Morgan fingerprint density at radius 3 is 2.14 bits per heavy atom. The summed E-state index contributed by atoms with van der Waals surface area (Å²) in [4.78, 5) is 16.7. The summed E-state index contributed by atoms with van der Waals surface area (Å²) in [7, 11) is -3.54. The standard InChI is InChI=1S/C22H28N2O4S/c1-17-16-18(10-11-20(17)29(26,27)19-8-6-5-7-9-19)23-12-14-24(15-13-23)21(25)28-22(2,3)4/h5-11,16H,12-15H2,1-4H3. The van der Waals surface area contributed by atoms with Gasteiger partial charge in [-0.15, -0.1) is 0 Å². The number of amides is 1. The lowest BCUT2D eigenvalue weighted by molar-refractivity contribution is 0.0240. The minimum Gasteiger partial charge on any atom is -0.444 e. The second kappa shape index (κ2) is 8.06. The van der Waals surface area contributed by atoms with Crippen LogP contribution in [0, 0.1) is 6.92 Å². The Bertz CT molecular complexity index is 974. The average molecular weight is 417 g/mol. The molecule has 0 spiro atoms. The maximum absolute atomic E-state index is 12.9. The molecule has 0 aromatic heterocycles. The minimum atomic E-state index is -3.54. The molecule has 29 heavy (non-hydrogen) atoms. The first-order valence-corrected chi connectivity index (χ1v) is 11.2. The third-order valence-electron chi connectivity index (χ3n) is 4.80. The number of carbonyl (C=O) groups is 1. The number of ether oxygens (including phenoxy) is 1. The van der Waals surface area contributed by atoms with E-state index in [0.29, 0.717) is 41.5 Å². The summed E-state index contributed by atoms with van der Waals surface area (Å²) < 4.78 is 31.2. The SMILES string of the molecule is Cc1cc(N2CCN(C(=O)OC(C)(C)C)CC2)ccc1S(=O)(=O)c1ccccc1. The van der Waals surface area contributed by atoms with E-state index in [2.05, 4.69) is 4.90 Å². The van der Waals surface area contributed by atoms with E-state index in [1.165, 1.54) is 0 Å². The Labute approximate surface area is 173 Å². The van der Waals surface area contributed by atoms with Crippen molar-refractivity contribution in [1.29, 1.82) is 0 Å². The van der Waals surface area contributed by atoms with Crippen molar-refractivity contribution in [3.63, 3.8) is 0 Å². The molecule has 6 nitrogen and oxygen atoms in total. The van der Waals surface area contributed by atoms with E-state index >= 15 is 0 Å². The molecule has 1 saturated heterocycles. The van der Waals surface area contributed by atoms with Crippen LogP contribution in [0.2, 0.25) is 0 Å².